The Balaban J connectivity index is 0.000000183. The molecule has 0 saturated heterocycles. The van der Waals surface area contributed by atoms with Crippen LogP contribution in [-0.2, 0) is 23.9 Å². The van der Waals surface area contributed by atoms with Crippen LogP contribution in [0.1, 0.15) is 55.2 Å². The van der Waals surface area contributed by atoms with Crippen molar-refractivity contribution in [1.82, 2.24) is 10.6 Å². The first-order valence-electron chi connectivity index (χ1n) is 16.1. The molecule has 0 bridgehead atoms. The SMILES string of the molecule is CC(=O)C1=C(C)NC(N)=C(C(=O)OCC2CC2)C1c1csc2c(C#N)cccc12.NC1=C(C(=O)O)C(c2csc3ccccc23)C(C(=O)O)=C(N)N1. The lowest BCUT2D eigenvalue weighted by Crippen LogP contribution is -2.38. The second-order valence-electron chi connectivity index (χ2n) is 12.5. The predicted octanol–water partition coefficient (Wildman–Crippen LogP) is 4.54. The first kappa shape index (κ1) is 35.7. The van der Waals surface area contributed by atoms with Gasteiger partial charge in [-0.3, -0.25) is 4.79 Å². The number of hydrogen-bond acceptors (Lipinski definition) is 13. The Kier molecular flexibility index (Phi) is 9.79. The summed E-state index contributed by atoms with van der Waals surface area (Å²) in [7, 11) is 0. The van der Waals surface area contributed by atoms with E-state index in [1.165, 1.54) is 29.6 Å². The number of esters is 1. The Morgan fingerprint density at radius 2 is 1.40 bits per heavy atom. The lowest BCUT2D eigenvalue weighted by atomic mass is 9.79. The molecule has 3 aliphatic rings. The third kappa shape index (κ3) is 6.57. The molecule has 1 fully saturated rings. The van der Waals surface area contributed by atoms with Crippen LogP contribution in [0.3, 0.4) is 0 Å². The molecule has 0 spiro atoms. The van der Waals surface area contributed by atoms with Crippen LogP contribution < -0.4 is 27.8 Å². The molecule has 2 aromatic heterocycles. The highest BCUT2D eigenvalue weighted by molar-refractivity contribution is 7.17. The summed E-state index contributed by atoms with van der Waals surface area (Å²) in [4.78, 5) is 48.9. The first-order valence-corrected chi connectivity index (χ1v) is 17.8. The van der Waals surface area contributed by atoms with Gasteiger partial charge in [0.05, 0.1) is 45.4 Å². The number of ether oxygens (including phenoxy) is 1. The zero-order valence-corrected chi connectivity index (χ0v) is 29.6. The Bertz CT molecular complexity index is 2320. The number of nitriles is 1. The van der Waals surface area contributed by atoms with Crippen molar-refractivity contribution in [1.29, 1.82) is 5.26 Å². The van der Waals surface area contributed by atoms with Crippen molar-refractivity contribution in [2.45, 2.75) is 38.5 Å². The summed E-state index contributed by atoms with van der Waals surface area (Å²) in [5, 5.41) is 39.1. The summed E-state index contributed by atoms with van der Waals surface area (Å²) in [6.45, 7) is 3.62. The Hall–Kier alpha value is -6.11. The number of carboxylic acid groups (broad SMARTS) is 2. The van der Waals surface area contributed by atoms with Gasteiger partial charge in [-0.2, -0.15) is 5.26 Å². The van der Waals surface area contributed by atoms with Crippen LogP contribution in [0.5, 0.6) is 0 Å². The standard InChI is InChI=1S/C22H21N3O3S.C15H13N3O4S/c1-11-17(12(2)26)18(16-10-29-20-14(8-23)4-3-5-15(16)20)19(21(24)25-11)22(27)28-9-13-6-7-13;16-12-10(14(19)20)9(11(15(21)22)13(17)18-12)7-5-23-8-4-2-1-3-6(7)8/h3-5,10,13,18,25H,6-7,9,24H2,1-2H3;1-5,9,18H,16-17H2,(H,19,20)(H,21,22). The molecule has 1 saturated carbocycles. The number of fused-ring (bicyclic) bond motifs is 2. The van der Waals surface area contributed by atoms with Crippen molar-refractivity contribution >= 4 is 66.5 Å². The summed E-state index contributed by atoms with van der Waals surface area (Å²) in [6.07, 6.45) is 2.13. The second-order valence-corrected chi connectivity index (χ2v) is 14.3. The molecule has 52 heavy (non-hydrogen) atoms. The number of ketones is 1. The molecule has 0 amide bonds. The van der Waals surface area contributed by atoms with Gasteiger partial charge in [0.15, 0.2) is 5.78 Å². The molecule has 15 heteroatoms. The van der Waals surface area contributed by atoms with E-state index in [1.54, 1.807) is 30.5 Å². The van der Waals surface area contributed by atoms with E-state index in [-0.39, 0.29) is 40.0 Å². The molecule has 7 rings (SSSR count). The average Bonchev–Trinajstić information content (AvgIpc) is 3.66. The predicted molar refractivity (Wildman–Crippen MR) is 196 cm³/mol. The van der Waals surface area contributed by atoms with E-state index in [4.69, 9.17) is 21.9 Å². The summed E-state index contributed by atoms with van der Waals surface area (Å²) < 4.78 is 7.28. The average molecular weight is 739 g/mol. The van der Waals surface area contributed by atoms with Gasteiger partial charge in [0, 0.05) is 16.0 Å². The van der Waals surface area contributed by atoms with E-state index in [0.29, 0.717) is 34.9 Å². The van der Waals surface area contributed by atoms with E-state index in [9.17, 15) is 34.7 Å². The van der Waals surface area contributed by atoms with E-state index in [2.05, 4.69) is 16.7 Å². The summed E-state index contributed by atoms with van der Waals surface area (Å²) >= 11 is 2.83. The summed E-state index contributed by atoms with van der Waals surface area (Å²) in [5.74, 6) is -4.59. The molecule has 4 aromatic rings. The van der Waals surface area contributed by atoms with Crippen molar-refractivity contribution in [2.75, 3.05) is 6.61 Å². The molecule has 1 unspecified atom stereocenters. The van der Waals surface area contributed by atoms with E-state index in [1.807, 2.05) is 29.6 Å². The number of carbonyl (C=O) groups is 4. The quantitative estimate of drug-likeness (QED) is 0.123. The number of nitrogens with two attached hydrogens (primary N) is 3. The van der Waals surface area contributed by atoms with Crippen molar-refractivity contribution in [3.05, 3.63) is 115 Å². The van der Waals surface area contributed by atoms with Gasteiger partial charge in [0.1, 0.15) is 23.5 Å². The number of nitrogens with zero attached hydrogens (tertiary/aromatic N) is 1. The second kappa shape index (κ2) is 14.3. The Morgan fingerprint density at radius 3 is 2.02 bits per heavy atom. The van der Waals surface area contributed by atoms with Crippen molar-refractivity contribution in [3.8, 4) is 6.07 Å². The third-order valence-corrected chi connectivity index (χ3v) is 11.1. The number of thiophene rings is 2. The fourth-order valence-corrected chi connectivity index (χ4v) is 8.60. The minimum Gasteiger partial charge on any atom is -0.478 e. The molecule has 2 aliphatic heterocycles. The number of carbonyl (C=O) groups excluding carboxylic acids is 2. The van der Waals surface area contributed by atoms with Gasteiger partial charge in [-0.1, -0.05) is 30.3 Å². The largest absolute Gasteiger partial charge is 0.478 e. The lowest BCUT2D eigenvalue weighted by molar-refractivity contribution is -0.140. The maximum Gasteiger partial charge on any atom is 0.338 e. The number of hydrogen-bond donors (Lipinski definition) is 7. The topological polar surface area (TPSA) is 244 Å². The molecule has 1 aliphatic carbocycles. The highest BCUT2D eigenvalue weighted by Gasteiger charge is 2.40. The molecule has 13 nitrogen and oxygen atoms in total. The van der Waals surface area contributed by atoms with Crippen molar-refractivity contribution in [2.24, 2.45) is 23.1 Å². The lowest BCUT2D eigenvalue weighted by Gasteiger charge is -2.29. The monoisotopic (exact) mass is 738 g/mol. The number of aliphatic carboxylic acids is 2. The molecule has 266 valence electrons. The van der Waals surface area contributed by atoms with Gasteiger partial charge in [0.25, 0.3) is 0 Å². The molecule has 4 heterocycles. The molecule has 0 radical (unpaired) electrons. The van der Waals surface area contributed by atoms with Crippen LogP contribution in [0.15, 0.2) is 98.7 Å². The van der Waals surface area contributed by atoms with Crippen LogP contribution >= 0.6 is 22.7 Å². The fraction of sp³-hybridized carbons (Fsp3) is 0.216. The third-order valence-electron chi connectivity index (χ3n) is 9.11. The van der Waals surface area contributed by atoms with Gasteiger partial charge in [-0.25, -0.2) is 14.4 Å². The molecule has 10 N–H and O–H groups in total. The van der Waals surface area contributed by atoms with Crippen LogP contribution in [0.4, 0.5) is 0 Å². The molecular weight excluding hydrogens is 705 g/mol. The molecule has 2 aromatic carbocycles. The first-order chi connectivity index (χ1) is 24.8. The molecule has 1 atom stereocenters. The normalized spacial score (nSPS) is 17.7. The minimum absolute atomic E-state index is 0.143. The highest BCUT2D eigenvalue weighted by Crippen LogP contribution is 2.45. The Morgan fingerprint density at radius 1 is 0.827 bits per heavy atom. The fourth-order valence-electron chi connectivity index (χ4n) is 6.55. The Labute approximate surface area is 305 Å². The maximum absolute atomic E-state index is 13.0. The van der Waals surface area contributed by atoms with Crippen molar-refractivity contribution < 1.29 is 34.1 Å². The van der Waals surface area contributed by atoms with Gasteiger partial charge >= 0.3 is 17.9 Å². The van der Waals surface area contributed by atoms with E-state index >= 15 is 0 Å². The zero-order chi connectivity index (χ0) is 37.4. The van der Waals surface area contributed by atoms with Crippen molar-refractivity contribution in [3.63, 3.8) is 0 Å². The van der Waals surface area contributed by atoms with Crippen LogP contribution in [0, 0.1) is 17.2 Å². The summed E-state index contributed by atoms with van der Waals surface area (Å²) in [5.41, 5.74) is 20.6. The van der Waals surface area contributed by atoms with E-state index < -0.39 is 29.7 Å². The van der Waals surface area contributed by atoms with E-state index in [0.717, 1.165) is 38.6 Å². The number of Topliss-reactive ketones (excluding diaryl/α,β-unsaturated/α-hetero) is 1. The maximum atomic E-state index is 13.0. The van der Waals surface area contributed by atoms with Crippen LogP contribution in [-0.4, -0.2) is 40.5 Å². The number of carboxylic acids is 2. The number of nitrogens with one attached hydrogen (secondary N) is 2. The number of allylic oxidation sites excluding steroid dienone is 2. The highest BCUT2D eigenvalue weighted by atomic mass is 32.1. The van der Waals surface area contributed by atoms with Crippen LogP contribution in [0.2, 0.25) is 0 Å². The molecular formula is C37H34N6O7S2. The number of rotatable bonds is 8. The minimum atomic E-state index is -1.29. The zero-order valence-electron chi connectivity index (χ0n) is 28.0. The smallest absolute Gasteiger partial charge is 0.338 e. The van der Waals surface area contributed by atoms with Gasteiger partial charge in [-0.15, -0.1) is 22.7 Å². The van der Waals surface area contributed by atoms with Gasteiger partial charge in [-0.05, 0) is 77.4 Å². The summed E-state index contributed by atoms with van der Waals surface area (Å²) in [6, 6.07) is 15.0. The number of benzene rings is 2. The van der Waals surface area contributed by atoms with Crippen LogP contribution in [0.25, 0.3) is 20.2 Å². The van der Waals surface area contributed by atoms with Gasteiger partial charge in [0.2, 0.25) is 0 Å². The number of dihydropyridines is 2. The van der Waals surface area contributed by atoms with Gasteiger partial charge < -0.3 is 42.8 Å².